The third-order valence-corrected chi connectivity index (χ3v) is 2.06. The highest BCUT2D eigenvalue weighted by Gasteiger charge is 2.11. The molecular formula is C12H14O5. The molecule has 5 heteroatoms. The molecule has 0 saturated carbocycles. The van der Waals surface area contributed by atoms with Crippen molar-refractivity contribution in [2.75, 3.05) is 6.61 Å². The maximum Gasteiger partial charge on any atom is 0.303 e. The number of aryl methyl sites for hydroxylation is 1. The fraction of sp³-hybridized carbons (Fsp3) is 0.417. The van der Waals surface area contributed by atoms with Crippen LogP contribution in [-0.4, -0.2) is 24.1 Å². The molecule has 1 aromatic heterocycles. The summed E-state index contributed by atoms with van der Waals surface area (Å²) >= 11 is 0. The van der Waals surface area contributed by atoms with E-state index in [0.717, 1.165) is 0 Å². The van der Waals surface area contributed by atoms with Crippen molar-refractivity contribution in [3.8, 4) is 0 Å². The molecule has 1 aromatic rings. The molecule has 0 saturated heterocycles. The predicted octanol–water partition coefficient (Wildman–Crippen LogP) is 1.30. The normalized spacial score (nSPS) is 9.94. The third-order valence-electron chi connectivity index (χ3n) is 2.06. The van der Waals surface area contributed by atoms with Gasteiger partial charge in [-0.05, 0) is 12.1 Å². The minimum atomic E-state index is -0.526. The molecule has 0 aromatic carbocycles. The van der Waals surface area contributed by atoms with Crippen molar-refractivity contribution in [1.29, 1.82) is 0 Å². The van der Waals surface area contributed by atoms with Gasteiger partial charge in [0.25, 0.3) is 0 Å². The lowest BCUT2D eigenvalue weighted by Gasteiger charge is -2.00. The number of carbonyl (C=O) groups is 3. The first-order chi connectivity index (χ1) is 8.08. The van der Waals surface area contributed by atoms with Crippen LogP contribution in [-0.2, 0) is 25.5 Å². The van der Waals surface area contributed by atoms with E-state index in [4.69, 9.17) is 4.42 Å². The van der Waals surface area contributed by atoms with Crippen LogP contribution in [0.4, 0.5) is 0 Å². The zero-order chi connectivity index (χ0) is 12.7. The molecule has 0 aliphatic heterocycles. The van der Waals surface area contributed by atoms with Crippen LogP contribution in [0.3, 0.4) is 0 Å². The van der Waals surface area contributed by atoms with Crippen LogP contribution >= 0.6 is 0 Å². The lowest BCUT2D eigenvalue weighted by molar-refractivity contribution is -0.146. The Morgan fingerprint density at radius 1 is 1.29 bits per heavy atom. The number of furan rings is 1. The second-order valence-corrected chi connectivity index (χ2v) is 3.61. The quantitative estimate of drug-likeness (QED) is 0.528. The number of esters is 1. The Morgan fingerprint density at radius 3 is 2.65 bits per heavy atom. The van der Waals surface area contributed by atoms with E-state index < -0.39 is 5.97 Å². The molecule has 17 heavy (non-hydrogen) atoms. The topological polar surface area (TPSA) is 73.6 Å². The fourth-order valence-corrected chi connectivity index (χ4v) is 1.26. The zero-order valence-corrected chi connectivity index (χ0v) is 9.60. The zero-order valence-electron chi connectivity index (χ0n) is 9.60. The van der Waals surface area contributed by atoms with Crippen LogP contribution in [0.5, 0.6) is 0 Å². The Bertz CT molecular complexity index is 391. The number of hydrogen-bond acceptors (Lipinski definition) is 5. The van der Waals surface area contributed by atoms with Gasteiger partial charge in [0.15, 0.2) is 5.78 Å². The number of hydrogen-bond donors (Lipinski definition) is 0. The summed E-state index contributed by atoms with van der Waals surface area (Å²) in [6.45, 7) is 0.883. The molecule has 0 aliphatic rings. The van der Waals surface area contributed by atoms with Gasteiger partial charge in [-0.15, -0.1) is 0 Å². The van der Waals surface area contributed by atoms with Crippen molar-refractivity contribution < 1.29 is 23.5 Å². The summed E-state index contributed by atoms with van der Waals surface area (Å²) in [5.41, 5.74) is 0. The molecular weight excluding hydrogens is 224 g/mol. The van der Waals surface area contributed by atoms with Gasteiger partial charge in [-0.25, -0.2) is 0 Å². The average molecular weight is 238 g/mol. The fourth-order valence-electron chi connectivity index (χ4n) is 1.26. The second kappa shape index (κ2) is 6.62. The summed E-state index contributed by atoms with van der Waals surface area (Å²) in [6.07, 6.45) is 2.06. The molecule has 0 atom stereocenters. The number of Topliss-reactive ketones (excluding diaryl/α,β-unsaturated/α-hetero) is 2. The van der Waals surface area contributed by atoms with Crippen LogP contribution in [0.15, 0.2) is 22.8 Å². The van der Waals surface area contributed by atoms with E-state index in [0.29, 0.717) is 12.2 Å². The van der Waals surface area contributed by atoms with E-state index in [1.165, 1.54) is 13.2 Å². The molecule has 0 spiro atoms. The van der Waals surface area contributed by atoms with Gasteiger partial charge >= 0.3 is 5.97 Å². The van der Waals surface area contributed by atoms with Crippen LogP contribution in [0.25, 0.3) is 0 Å². The van der Waals surface area contributed by atoms with Gasteiger partial charge in [-0.3, -0.25) is 14.4 Å². The first kappa shape index (κ1) is 13.2. The van der Waals surface area contributed by atoms with Crippen LogP contribution in [0.2, 0.25) is 0 Å². The third kappa shape index (κ3) is 5.65. The van der Waals surface area contributed by atoms with Crippen molar-refractivity contribution in [3.63, 3.8) is 0 Å². The SMILES string of the molecule is CC(=O)OCC(=O)CC(=O)CCc1ccco1. The summed E-state index contributed by atoms with van der Waals surface area (Å²) in [5.74, 6) is -0.379. The van der Waals surface area contributed by atoms with Crippen molar-refractivity contribution >= 4 is 17.5 Å². The Balaban J connectivity index is 2.20. The van der Waals surface area contributed by atoms with Crippen molar-refractivity contribution in [2.45, 2.75) is 26.2 Å². The van der Waals surface area contributed by atoms with E-state index in [-0.39, 0.29) is 31.0 Å². The molecule has 0 unspecified atom stereocenters. The molecule has 92 valence electrons. The maximum absolute atomic E-state index is 11.4. The molecule has 1 heterocycles. The van der Waals surface area contributed by atoms with Gasteiger partial charge in [0.05, 0.1) is 12.7 Å². The standard InChI is InChI=1S/C12H14O5/c1-9(13)17-8-11(15)7-10(14)4-5-12-3-2-6-16-12/h2-3,6H,4-5,7-8H2,1H3. The summed E-state index contributed by atoms with van der Waals surface area (Å²) < 4.78 is 9.56. The molecule has 0 aliphatic carbocycles. The van der Waals surface area contributed by atoms with Gasteiger partial charge in [0.1, 0.15) is 18.2 Å². The highest BCUT2D eigenvalue weighted by Crippen LogP contribution is 2.05. The number of ketones is 2. The highest BCUT2D eigenvalue weighted by atomic mass is 16.5. The minimum absolute atomic E-state index is 0.182. The second-order valence-electron chi connectivity index (χ2n) is 3.61. The lowest BCUT2D eigenvalue weighted by Crippen LogP contribution is -2.15. The average Bonchev–Trinajstić information content (AvgIpc) is 2.76. The lowest BCUT2D eigenvalue weighted by atomic mass is 10.1. The molecule has 0 bridgehead atoms. The highest BCUT2D eigenvalue weighted by molar-refractivity contribution is 6.00. The molecule has 5 nitrogen and oxygen atoms in total. The maximum atomic E-state index is 11.4. The summed E-state index contributed by atoms with van der Waals surface area (Å²) in [5, 5.41) is 0. The van der Waals surface area contributed by atoms with E-state index in [9.17, 15) is 14.4 Å². The van der Waals surface area contributed by atoms with Gasteiger partial charge in [-0.2, -0.15) is 0 Å². The van der Waals surface area contributed by atoms with Gasteiger partial charge < -0.3 is 9.15 Å². The van der Waals surface area contributed by atoms with Crippen LogP contribution < -0.4 is 0 Å². The Labute approximate surface area is 98.7 Å². The van der Waals surface area contributed by atoms with E-state index in [1.807, 2.05) is 0 Å². The van der Waals surface area contributed by atoms with Crippen molar-refractivity contribution in [3.05, 3.63) is 24.2 Å². The molecule has 0 fully saturated rings. The predicted molar refractivity (Wildman–Crippen MR) is 58.3 cm³/mol. The van der Waals surface area contributed by atoms with Gasteiger partial charge in [-0.1, -0.05) is 0 Å². The molecule has 1 rings (SSSR count). The van der Waals surface area contributed by atoms with Crippen LogP contribution in [0.1, 0.15) is 25.5 Å². The largest absolute Gasteiger partial charge is 0.469 e. The number of rotatable bonds is 7. The number of carbonyl (C=O) groups excluding carboxylic acids is 3. The Hall–Kier alpha value is -1.91. The van der Waals surface area contributed by atoms with E-state index in [1.54, 1.807) is 12.1 Å². The van der Waals surface area contributed by atoms with Gasteiger partial charge in [0.2, 0.25) is 0 Å². The molecule has 0 amide bonds. The smallest absolute Gasteiger partial charge is 0.303 e. The Kier molecular flexibility index (Phi) is 5.13. The van der Waals surface area contributed by atoms with Gasteiger partial charge in [0, 0.05) is 19.8 Å². The van der Waals surface area contributed by atoms with Crippen molar-refractivity contribution in [2.24, 2.45) is 0 Å². The van der Waals surface area contributed by atoms with E-state index >= 15 is 0 Å². The molecule has 0 N–H and O–H groups in total. The summed E-state index contributed by atoms with van der Waals surface area (Å²) in [7, 11) is 0. The molecule has 0 radical (unpaired) electrons. The minimum Gasteiger partial charge on any atom is -0.469 e. The first-order valence-electron chi connectivity index (χ1n) is 5.27. The number of ether oxygens (including phenoxy) is 1. The monoisotopic (exact) mass is 238 g/mol. The first-order valence-corrected chi connectivity index (χ1v) is 5.27. The van der Waals surface area contributed by atoms with Crippen LogP contribution in [0, 0.1) is 0 Å². The summed E-state index contributed by atoms with van der Waals surface area (Å²) in [4.78, 5) is 33.0. The Morgan fingerprint density at radius 2 is 2.06 bits per heavy atom. The van der Waals surface area contributed by atoms with Crippen molar-refractivity contribution in [1.82, 2.24) is 0 Å². The van der Waals surface area contributed by atoms with E-state index in [2.05, 4.69) is 4.74 Å². The summed E-state index contributed by atoms with van der Waals surface area (Å²) in [6, 6.07) is 3.51.